The van der Waals surface area contributed by atoms with Crippen molar-refractivity contribution in [3.63, 3.8) is 0 Å². The van der Waals surface area contributed by atoms with Crippen LogP contribution in [0.15, 0.2) is 49.1 Å². The fourth-order valence-corrected chi connectivity index (χ4v) is 2.31. The second-order valence-corrected chi connectivity index (χ2v) is 5.49. The zero-order chi connectivity index (χ0) is 17.8. The van der Waals surface area contributed by atoms with Crippen LogP contribution >= 0.6 is 0 Å². The van der Waals surface area contributed by atoms with Gasteiger partial charge in [0, 0.05) is 11.9 Å². The van der Waals surface area contributed by atoms with Crippen molar-refractivity contribution in [2.75, 3.05) is 10.6 Å². The molecule has 1 aromatic carbocycles. The van der Waals surface area contributed by atoms with Crippen LogP contribution < -0.4 is 10.6 Å². The van der Waals surface area contributed by atoms with Gasteiger partial charge in [-0.2, -0.15) is 0 Å². The molecule has 0 fully saturated rings. The lowest BCUT2D eigenvalue weighted by Gasteiger charge is -2.12. The van der Waals surface area contributed by atoms with E-state index >= 15 is 0 Å². The smallest absolute Gasteiger partial charge is 0.334 e. The minimum atomic E-state index is -0.508. The summed E-state index contributed by atoms with van der Waals surface area (Å²) in [4.78, 5) is 23.1. The van der Waals surface area contributed by atoms with Crippen molar-refractivity contribution in [2.45, 2.75) is 13.8 Å². The average molecular weight is 336 g/mol. The molecule has 0 radical (unpaired) electrons. The molecule has 0 saturated heterocycles. The number of hydrogen-bond donors (Lipinski definition) is 2. The maximum Gasteiger partial charge on any atom is 0.353 e. The molecule has 2 heterocycles. The molecule has 0 aliphatic heterocycles. The van der Waals surface area contributed by atoms with Crippen molar-refractivity contribution in [1.82, 2.24) is 15.0 Å². The number of anilines is 4. The second-order valence-electron chi connectivity index (χ2n) is 5.49. The standard InChI is InChI=1S/C17H16N6O2/c1-11-5-6-12(2)14(8-11)22-17-15(23(24)25)16(19-10-20-17)21-13-4-3-7-18-9-13/h3-10H,1-2H3,(H2,19,20,21,22). The molecule has 0 unspecified atom stereocenters. The molecule has 0 spiro atoms. The van der Waals surface area contributed by atoms with Gasteiger partial charge in [0.05, 0.1) is 16.8 Å². The van der Waals surface area contributed by atoms with Gasteiger partial charge in [-0.15, -0.1) is 0 Å². The van der Waals surface area contributed by atoms with Crippen LogP contribution in [0.25, 0.3) is 0 Å². The van der Waals surface area contributed by atoms with Gasteiger partial charge in [-0.3, -0.25) is 15.1 Å². The normalized spacial score (nSPS) is 10.3. The maximum absolute atomic E-state index is 11.6. The van der Waals surface area contributed by atoms with E-state index in [1.54, 1.807) is 24.5 Å². The van der Waals surface area contributed by atoms with E-state index in [2.05, 4.69) is 25.6 Å². The lowest BCUT2D eigenvalue weighted by atomic mass is 10.1. The molecule has 0 saturated carbocycles. The summed E-state index contributed by atoms with van der Waals surface area (Å²) < 4.78 is 0. The van der Waals surface area contributed by atoms with Crippen LogP contribution in [0.5, 0.6) is 0 Å². The largest absolute Gasteiger partial charge is 0.353 e. The Morgan fingerprint density at radius 2 is 1.84 bits per heavy atom. The predicted octanol–water partition coefficient (Wildman–Crippen LogP) is 3.88. The summed E-state index contributed by atoms with van der Waals surface area (Å²) in [5.41, 5.74) is 3.13. The molecular formula is C17H16N6O2. The van der Waals surface area contributed by atoms with Crippen molar-refractivity contribution < 1.29 is 4.92 Å². The Labute approximate surface area is 144 Å². The lowest BCUT2D eigenvalue weighted by Crippen LogP contribution is -2.06. The molecule has 126 valence electrons. The third kappa shape index (κ3) is 3.69. The monoisotopic (exact) mass is 336 g/mol. The Morgan fingerprint density at radius 3 is 2.52 bits per heavy atom. The van der Waals surface area contributed by atoms with Gasteiger partial charge in [0.15, 0.2) is 0 Å². The average Bonchev–Trinajstić information content (AvgIpc) is 2.59. The number of nitrogens with one attached hydrogen (secondary N) is 2. The van der Waals surface area contributed by atoms with E-state index < -0.39 is 4.92 Å². The lowest BCUT2D eigenvalue weighted by molar-refractivity contribution is -0.383. The second kappa shape index (κ2) is 6.91. The fourth-order valence-electron chi connectivity index (χ4n) is 2.31. The highest BCUT2D eigenvalue weighted by atomic mass is 16.6. The van der Waals surface area contributed by atoms with Crippen LogP contribution in [0.1, 0.15) is 11.1 Å². The van der Waals surface area contributed by atoms with Gasteiger partial charge in [-0.1, -0.05) is 12.1 Å². The van der Waals surface area contributed by atoms with E-state index in [1.807, 2.05) is 32.0 Å². The Bertz CT molecular complexity index is 914. The molecule has 8 heteroatoms. The van der Waals surface area contributed by atoms with E-state index in [0.29, 0.717) is 5.69 Å². The number of hydrogen-bond acceptors (Lipinski definition) is 7. The Kier molecular flexibility index (Phi) is 4.51. The van der Waals surface area contributed by atoms with Gasteiger partial charge in [-0.05, 0) is 43.2 Å². The molecule has 3 aromatic rings. The van der Waals surface area contributed by atoms with Gasteiger partial charge in [-0.25, -0.2) is 9.97 Å². The molecule has 0 aliphatic rings. The first-order chi connectivity index (χ1) is 12.0. The number of nitrogens with zero attached hydrogens (tertiary/aromatic N) is 4. The number of aromatic nitrogens is 3. The molecule has 0 aliphatic carbocycles. The van der Waals surface area contributed by atoms with Crippen LogP contribution in [0.3, 0.4) is 0 Å². The van der Waals surface area contributed by atoms with E-state index in [-0.39, 0.29) is 17.3 Å². The van der Waals surface area contributed by atoms with Crippen molar-refractivity contribution in [1.29, 1.82) is 0 Å². The zero-order valence-corrected chi connectivity index (χ0v) is 13.7. The van der Waals surface area contributed by atoms with Crippen LogP contribution in [-0.2, 0) is 0 Å². The molecule has 0 atom stereocenters. The summed E-state index contributed by atoms with van der Waals surface area (Å²) in [5.74, 6) is 0.223. The zero-order valence-electron chi connectivity index (χ0n) is 13.7. The molecule has 2 N–H and O–H groups in total. The van der Waals surface area contributed by atoms with Gasteiger partial charge in [0.25, 0.3) is 0 Å². The van der Waals surface area contributed by atoms with Crippen LogP contribution in [0, 0.1) is 24.0 Å². The third-order valence-electron chi connectivity index (χ3n) is 3.58. The SMILES string of the molecule is Cc1ccc(C)c(Nc2ncnc(Nc3cccnc3)c2[N+](=O)[O-])c1. The first-order valence-corrected chi connectivity index (χ1v) is 7.55. The molecule has 0 bridgehead atoms. The van der Waals surface area contributed by atoms with Gasteiger partial charge < -0.3 is 10.6 Å². The van der Waals surface area contributed by atoms with E-state index in [0.717, 1.165) is 16.8 Å². The van der Waals surface area contributed by atoms with Crippen molar-refractivity contribution in [2.24, 2.45) is 0 Å². The number of nitro groups is 1. The summed E-state index contributed by atoms with van der Waals surface area (Å²) in [6.45, 7) is 3.87. The summed E-state index contributed by atoms with van der Waals surface area (Å²) in [7, 11) is 0. The quantitative estimate of drug-likeness (QED) is 0.538. The predicted molar refractivity (Wildman–Crippen MR) is 95.4 cm³/mol. The van der Waals surface area contributed by atoms with Crippen molar-refractivity contribution >= 4 is 28.7 Å². The first-order valence-electron chi connectivity index (χ1n) is 7.55. The molecule has 8 nitrogen and oxygen atoms in total. The Balaban J connectivity index is 2.01. The number of aryl methyl sites for hydroxylation is 2. The van der Waals surface area contributed by atoms with Gasteiger partial charge in [0.2, 0.25) is 11.6 Å². The van der Waals surface area contributed by atoms with E-state index in [1.165, 1.54) is 6.33 Å². The van der Waals surface area contributed by atoms with Crippen LogP contribution in [0.4, 0.5) is 28.7 Å². The topological polar surface area (TPSA) is 106 Å². The van der Waals surface area contributed by atoms with E-state index in [4.69, 9.17) is 0 Å². The minimum Gasteiger partial charge on any atom is -0.334 e. The van der Waals surface area contributed by atoms with Gasteiger partial charge >= 0.3 is 5.69 Å². The van der Waals surface area contributed by atoms with Crippen LogP contribution in [-0.4, -0.2) is 19.9 Å². The summed E-state index contributed by atoms with van der Waals surface area (Å²) in [5, 5.41) is 17.6. The maximum atomic E-state index is 11.6. The highest BCUT2D eigenvalue weighted by molar-refractivity contribution is 5.77. The fraction of sp³-hybridized carbons (Fsp3) is 0.118. The first kappa shape index (κ1) is 16.3. The highest BCUT2D eigenvalue weighted by Gasteiger charge is 2.23. The molecular weight excluding hydrogens is 320 g/mol. The highest BCUT2D eigenvalue weighted by Crippen LogP contribution is 2.33. The third-order valence-corrected chi connectivity index (χ3v) is 3.58. The summed E-state index contributed by atoms with van der Waals surface area (Å²) >= 11 is 0. The van der Waals surface area contributed by atoms with Crippen molar-refractivity contribution in [3.05, 3.63) is 70.3 Å². The number of pyridine rings is 1. The minimum absolute atomic E-state index is 0.0980. The van der Waals surface area contributed by atoms with E-state index in [9.17, 15) is 10.1 Å². The summed E-state index contributed by atoms with van der Waals surface area (Å²) in [6.07, 6.45) is 4.45. The van der Waals surface area contributed by atoms with Crippen molar-refractivity contribution in [3.8, 4) is 0 Å². The Hall–Kier alpha value is -3.55. The Morgan fingerprint density at radius 1 is 1.08 bits per heavy atom. The van der Waals surface area contributed by atoms with Crippen LogP contribution in [0.2, 0.25) is 0 Å². The molecule has 2 aromatic heterocycles. The summed E-state index contributed by atoms with van der Waals surface area (Å²) in [6, 6.07) is 9.31. The molecule has 0 amide bonds. The molecule has 3 rings (SSSR count). The molecule has 25 heavy (non-hydrogen) atoms. The number of benzene rings is 1. The van der Waals surface area contributed by atoms with Gasteiger partial charge in [0.1, 0.15) is 6.33 Å². The number of rotatable bonds is 5.